The molecule has 0 bridgehead atoms. The van der Waals surface area contributed by atoms with Crippen molar-refractivity contribution in [2.24, 2.45) is 11.5 Å². The average molecular weight is 206 g/mol. The van der Waals surface area contributed by atoms with Gasteiger partial charge in [0.15, 0.2) is 0 Å². The number of hydrogen-bond donors (Lipinski definition) is 4. The van der Waals surface area contributed by atoms with Gasteiger partial charge in [0, 0.05) is 0 Å². The molecule has 0 fully saturated rings. The van der Waals surface area contributed by atoms with Crippen LogP contribution in [0.5, 0.6) is 0 Å². The van der Waals surface area contributed by atoms with Crippen LogP contribution in [0.15, 0.2) is 0 Å². The predicted octanol–water partition coefficient (Wildman–Crippen LogP) is -0.383. The molecule has 0 radical (unpaired) electrons. The Morgan fingerprint density at radius 2 is 1.21 bits per heavy atom. The maximum atomic E-state index is 9.81. The summed E-state index contributed by atoms with van der Waals surface area (Å²) in [5.41, 5.74) is 10.0. The standard InChI is InChI=1S/2C4H9NO2/c2*1-2-3(5)4(6)7/h2*3H,2,5H2,1H3,(H,6,7)/t2*3-/m00/s1. The zero-order chi connectivity index (χ0) is 11.7. The molecule has 0 heterocycles. The first-order valence-corrected chi connectivity index (χ1v) is 4.33. The Kier molecular flexibility index (Phi) is 9.27. The van der Waals surface area contributed by atoms with Gasteiger partial charge in [-0.25, -0.2) is 0 Å². The van der Waals surface area contributed by atoms with Crippen LogP contribution in [0.1, 0.15) is 26.7 Å². The van der Waals surface area contributed by atoms with E-state index in [0.717, 1.165) is 0 Å². The van der Waals surface area contributed by atoms with Gasteiger partial charge in [-0.3, -0.25) is 9.59 Å². The minimum absolute atomic E-state index is 0.495. The quantitative estimate of drug-likeness (QED) is 0.496. The first kappa shape index (κ1) is 15.3. The number of carboxylic acid groups (broad SMARTS) is 2. The monoisotopic (exact) mass is 206 g/mol. The molecular weight excluding hydrogens is 188 g/mol. The summed E-state index contributed by atoms with van der Waals surface area (Å²) in [6, 6.07) is -1.36. The van der Waals surface area contributed by atoms with Gasteiger partial charge in [-0.05, 0) is 12.8 Å². The van der Waals surface area contributed by atoms with Gasteiger partial charge in [0.1, 0.15) is 12.1 Å². The Morgan fingerprint density at radius 3 is 1.21 bits per heavy atom. The minimum atomic E-state index is -0.928. The number of aliphatic carboxylic acids is 2. The molecule has 0 aliphatic heterocycles. The highest BCUT2D eigenvalue weighted by atomic mass is 16.4. The molecule has 6 heteroatoms. The Hall–Kier alpha value is -1.14. The van der Waals surface area contributed by atoms with Gasteiger partial charge in [0.2, 0.25) is 0 Å². The van der Waals surface area contributed by atoms with Crippen molar-refractivity contribution in [3.8, 4) is 0 Å². The highest BCUT2D eigenvalue weighted by molar-refractivity contribution is 5.73. The normalized spacial score (nSPS) is 13.4. The molecule has 6 N–H and O–H groups in total. The molecule has 0 unspecified atom stereocenters. The van der Waals surface area contributed by atoms with Crippen LogP contribution < -0.4 is 11.5 Å². The van der Waals surface area contributed by atoms with Crippen LogP contribution in [-0.2, 0) is 9.59 Å². The summed E-state index contributed by atoms with van der Waals surface area (Å²) < 4.78 is 0. The van der Waals surface area contributed by atoms with Crippen molar-refractivity contribution in [1.82, 2.24) is 0 Å². The van der Waals surface area contributed by atoms with Crippen LogP contribution in [0.3, 0.4) is 0 Å². The van der Waals surface area contributed by atoms with E-state index in [1.807, 2.05) is 0 Å². The fourth-order valence-corrected chi connectivity index (χ4v) is 0.349. The molecule has 14 heavy (non-hydrogen) atoms. The van der Waals surface area contributed by atoms with E-state index in [0.29, 0.717) is 12.8 Å². The largest absolute Gasteiger partial charge is 0.480 e. The topological polar surface area (TPSA) is 127 Å². The van der Waals surface area contributed by atoms with Crippen molar-refractivity contribution >= 4 is 11.9 Å². The van der Waals surface area contributed by atoms with Crippen LogP contribution in [0.4, 0.5) is 0 Å². The van der Waals surface area contributed by atoms with Crippen molar-refractivity contribution in [3.05, 3.63) is 0 Å². The third-order valence-electron chi connectivity index (χ3n) is 1.51. The first-order chi connectivity index (χ1) is 6.36. The molecule has 84 valence electrons. The second-order valence-electron chi connectivity index (χ2n) is 2.71. The molecular formula is C8H18N2O4. The Morgan fingerprint density at radius 1 is 1.00 bits per heavy atom. The van der Waals surface area contributed by atoms with Crippen LogP contribution in [0.25, 0.3) is 0 Å². The van der Waals surface area contributed by atoms with Crippen molar-refractivity contribution < 1.29 is 19.8 Å². The van der Waals surface area contributed by atoms with Crippen molar-refractivity contribution in [3.63, 3.8) is 0 Å². The Labute approximate surface area is 82.9 Å². The molecule has 0 aliphatic rings. The molecule has 0 saturated carbocycles. The molecule has 0 saturated heterocycles. The second-order valence-corrected chi connectivity index (χ2v) is 2.71. The molecule has 0 aliphatic carbocycles. The van der Waals surface area contributed by atoms with Gasteiger partial charge >= 0.3 is 11.9 Å². The van der Waals surface area contributed by atoms with E-state index >= 15 is 0 Å². The average Bonchev–Trinajstić information content (AvgIpc) is 2.15. The highest BCUT2D eigenvalue weighted by Gasteiger charge is 2.06. The molecule has 0 aromatic rings. The molecule has 0 aromatic heterocycles. The first-order valence-electron chi connectivity index (χ1n) is 4.33. The maximum Gasteiger partial charge on any atom is 0.320 e. The maximum absolute atomic E-state index is 9.81. The van der Waals surface area contributed by atoms with E-state index in [2.05, 4.69) is 0 Å². The number of carbonyl (C=O) groups is 2. The summed E-state index contributed by atoms with van der Waals surface area (Å²) in [4.78, 5) is 19.6. The van der Waals surface area contributed by atoms with Crippen molar-refractivity contribution in [1.29, 1.82) is 0 Å². The number of carboxylic acids is 2. The summed E-state index contributed by atoms with van der Waals surface area (Å²) in [6.07, 6.45) is 0.991. The highest BCUT2D eigenvalue weighted by Crippen LogP contribution is 1.82. The SMILES string of the molecule is CC[C@H](N)C(=O)O.CC[C@H](N)C(=O)O. The van der Waals surface area contributed by atoms with Gasteiger partial charge in [-0.15, -0.1) is 0 Å². The van der Waals surface area contributed by atoms with Gasteiger partial charge in [0.25, 0.3) is 0 Å². The second kappa shape index (κ2) is 8.46. The molecule has 0 amide bonds. The fourth-order valence-electron chi connectivity index (χ4n) is 0.349. The lowest BCUT2D eigenvalue weighted by Gasteiger charge is -1.97. The molecule has 6 nitrogen and oxygen atoms in total. The number of nitrogens with two attached hydrogens (primary N) is 2. The third-order valence-corrected chi connectivity index (χ3v) is 1.51. The minimum Gasteiger partial charge on any atom is -0.480 e. The van der Waals surface area contributed by atoms with Crippen LogP contribution in [-0.4, -0.2) is 34.2 Å². The van der Waals surface area contributed by atoms with E-state index in [-0.39, 0.29) is 0 Å². The number of hydrogen-bond acceptors (Lipinski definition) is 4. The summed E-state index contributed by atoms with van der Waals surface area (Å²) in [6.45, 7) is 3.47. The zero-order valence-corrected chi connectivity index (χ0v) is 8.43. The predicted molar refractivity (Wildman–Crippen MR) is 51.8 cm³/mol. The van der Waals surface area contributed by atoms with Crippen LogP contribution in [0.2, 0.25) is 0 Å². The smallest absolute Gasteiger partial charge is 0.320 e. The lowest BCUT2D eigenvalue weighted by Crippen LogP contribution is -2.28. The molecule has 0 spiro atoms. The van der Waals surface area contributed by atoms with E-state index in [4.69, 9.17) is 21.7 Å². The lowest BCUT2D eigenvalue weighted by molar-refractivity contribution is -0.139. The number of rotatable bonds is 4. The molecule has 2 atom stereocenters. The van der Waals surface area contributed by atoms with Gasteiger partial charge < -0.3 is 21.7 Å². The Balaban J connectivity index is 0. The third kappa shape index (κ3) is 8.95. The Bertz CT molecular complexity index is 164. The lowest BCUT2D eigenvalue weighted by atomic mass is 10.2. The summed E-state index contributed by atoms with van der Waals surface area (Å²) in [5.74, 6) is -1.86. The van der Waals surface area contributed by atoms with E-state index in [1.54, 1.807) is 13.8 Å². The zero-order valence-electron chi connectivity index (χ0n) is 8.43. The summed E-state index contributed by atoms with van der Waals surface area (Å²) in [7, 11) is 0. The summed E-state index contributed by atoms with van der Waals surface area (Å²) >= 11 is 0. The fraction of sp³-hybridized carbons (Fsp3) is 0.750. The van der Waals surface area contributed by atoms with E-state index in [1.165, 1.54) is 0 Å². The van der Waals surface area contributed by atoms with Crippen LogP contribution in [0, 0.1) is 0 Å². The molecule has 0 rings (SSSR count). The van der Waals surface area contributed by atoms with E-state index < -0.39 is 24.0 Å². The van der Waals surface area contributed by atoms with Gasteiger partial charge in [-0.2, -0.15) is 0 Å². The molecule has 0 aromatic carbocycles. The van der Waals surface area contributed by atoms with E-state index in [9.17, 15) is 9.59 Å². The van der Waals surface area contributed by atoms with Crippen molar-refractivity contribution in [2.45, 2.75) is 38.8 Å². The van der Waals surface area contributed by atoms with Crippen LogP contribution >= 0.6 is 0 Å². The van der Waals surface area contributed by atoms with Gasteiger partial charge in [0.05, 0.1) is 0 Å². The van der Waals surface area contributed by atoms with Gasteiger partial charge in [-0.1, -0.05) is 13.8 Å². The van der Waals surface area contributed by atoms with Crippen molar-refractivity contribution in [2.75, 3.05) is 0 Å². The summed E-state index contributed by atoms with van der Waals surface area (Å²) in [5, 5.41) is 16.1.